The van der Waals surface area contributed by atoms with E-state index in [-0.39, 0.29) is 0 Å². The second-order valence-corrected chi connectivity index (χ2v) is 4.79. The number of aromatic nitrogens is 1. The molecule has 0 radical (unpaired) electrons. The van der Waals surface area contributed by atoms with Crippen molar-refractivity contribution in [1.29, 1.82) is 0 Å². The van der Waals surface area contributed by atoms with E-state index in [1.807, 2.05) is 12.1 Å². The predicted octanol–water partition coefficient (Wildman–Crippen LogP) is 2.63. The van der Waals surface area contributed by atoms with Crippen LogP contribution in [0.25, 0.3) is 0 Å². The molecule has 3 rings (SSSR count). The largest absolute Gasteiger partial charge is 0.396 e. The zero-order valence-corrected chi connectivity index (χ0v) is 10.3. The highest BCUT2D eigenvalue weighted by Crippen LogP contribution is 2.24. The summed E-state index contributed by atoms with van der Waals surface area (Å²) in [6.45, 7) is 0. The molecular weight excluding hydrogens is 222 g/mol. The van der Waals surface area contributed by atoms with E-state index in [2.05, 4.69) is 34.6 Å². The zero-order chi connectivity index (χ0) is 12.4. The van der Waals surface area contributed by atoms with Crippen LogP contribution in [0.4, 0.5) is 11.5 Å². The standard InChI is InChI=1S/C15H17N3/c16-14-6-3-9-17-15(14)18-13-8-7-11-4-1-2-5-12(11)10-13/h1-6,9,13H,7-8,10,16H2,(H,17,18). The van der Waals surface area contributed by atoms with Crippen LogP contribution in [0.5, 0.6) is 0 Å². The van der Waals surface area contributed by atoms with Gasteiger partial charge in [0.05, 0.1) is 5.69 Å². The van der Waals surface area contributed by atoms with Gasteiger partial charge in [0.15, 0.2) is 0 Å². The molecule has 1 heterocycles. The molecule has 0 saturated heterocycles. The van der Waals surface area contributed by atoms with Crippen molar-refractivity contribution in [3.05, 3.63) is 53.7 Å². The Bertz CT molecular complexity index is 551. The Labute approximate surface area is 107 Å². The Morgan fingerprint density at radius 3 is 2.78 bits per heavy atom. The van der Waals surface area contributed by atoms with E-state index in [1.54, 1.807) is 6.20 Å². The van der Waals surface area contributed by atoms with Crippen molar-refractivity contribution in [3.8, 4) is 0 Å². The van der Waals surface area contributed by atoms with Gasteiger partial charge in [-0.05, 0) is 42.5 Å². The second-order valence-electron chi connectivity index (χ2n) is 4.79. The van der Waals surface area contributed by atoms with Gasteiger partial charge in [0.2, 0.25) is 0 Å². The molecule has 0 fully saturated rings. The van der Waals surface area contributed by atoms with Gasteiger partial charge in [0, 0.05) is 12.2 Å². The number of nitrogen functional groups attached to an aromatic ring is 1. The summed E-state index contributed by atoms with van der Waals surface area (Å²) in [4.78, 5) is 4.29. The number of rotatable bonds is 2. The fourth-order valence-corrected chi connectivity index (χ4v) is 2.55. The number of nitrogens with two attached hydrogens (primary N) is 1. The molecule has 3 heteroatoms. The average molecular weight is 239 g/mol. The first-order valence-corrected chi connectivity index (χ1v) is 6.37. The lowest BCUT2D eigenvalue weighted by Crippen LogP contribution is -2.28. The van der Waals surface area contributed by atoms with Gasteiger partial charge >= 0.3 is 0 Å². The van der Waals surface area contributed by atoms with Gasteiger partial charge in [0.1, 0.15) is 5.82 Å². The highest BCUT2D eigenvalue weighted by molar-refractivity contribution is 5.61. The van der Waals surface area contributed by atoms with E-state index in [4.69, 9.17) is 5.73 Å². The average Bonchev–Trinajstić information content (AvgIpc) is 2.41. The van der Waals surface area contributed by atoms with E-state index in [9.17, 15) is 0 Å². The molecule has 0 bridgehead atoms. The van der Waals surface area contributed by atoms with Crippen LogP contribution in [0.15, 0.2) is 42.6 Å². The summed E-state index contributed by atoms with van der Waals surface area (Å²) in [6.07, 6.45) is 5.08. The molecule has 1 aliphatic carbocycles. The first kappa shape index (κ1) is 11.1. The smallest absolute Gasteiger partial charge is 0.149 e. The van der Waals surface area contributed by atoms with Crippen LogP contribution in [0, 0.1) is 0 Å². The molecule has 1 aliphatic rings. The zero-order valence-electron chi connectivity index (χ0n) is 10.3. The van der Waals surface area contributed by atoms with Crippen LogP contribution in [-0.4, -0.2) is 11.0 Å². The van der Waals surface area contributed by atoms with E-state index in [0.29, 0.717) is 6.04 Å². The molecule has 92 valence electrons. The Balaban J connectivity index is 1.75. The van der Waals surface area contributed by atoms with E-state index < -0.39 is 0 Å². The number of anilines is 2. The summed E-state index contributed by atoms with van der Waals surface area (Å²) in [7, 11) is 0. The van der Waals surface area contributed by atoms with Gasteiger partial charge in [-0.15, -0.1) is 0 Å². The minimum Gasteiger partial charge on any atom is -0.396 e. The molecule has 0 spiro atoms. The van der Waals surface area contributed by atoms with Crippen molar-refractivity contribution in [2.75, 3.05) is 11.1 Å². The third kappa shape index (κ3) is 2.16. The molecule has 2 aromatic rings. The maximum atomic E-state index is 5.91. The lowest BCUT2D eigenvalue weighted by Gasteiger charge is -2.26. The van der Waals surface area contributed by atoms with Crippen molar-refractivity contribution in [2.24, 2.45) is 0 Å². The molecule has 1 atom stereocenters. The van der Waals surface area contributed by atoms with Crippen LogP contribution >= 0.6 is 0 Å². The molecule has 0 aliphatic heterocycles. The fraction of sp³-hybridized carbons (Fsp3) is 0.267. The summed E-state index contributed by atoms with van der Waals surface area (Å²) >= 11 is 0. The first-order valence-electron chi connectivity index (χ1n) is 6.37. The molecule has 1 aromatic carbocycles. The van der Waals surface area contributed by atoms with Gasteiger partial charge in [-0.25, -0.2) is 4.98 Å². The van der Waals surface area contributed by atoms with E-state index >= 15 is 0 Å². The van der Waals surface area contributed by atoms with Crippen molar-refractivity contribution >= 4 is 11.5 Å². The quantitative estimate of drug-likeness (QED) is 0.847. The molecule has 0 amide bonds. The monoisotopic (exact) mass is 239 g/mol. The van der Waals surface area contributed by atoms with E-state index in [0.717, 1.165) is 30.8 Å². The number of hydrogen-bond donors (Lipinski definition) is 2. The summed E-state index contributed by atoms with van der Waals surface area (Å²) in [6, 6.07) is 12.8. The lowest BCUT2D eigenvalue weighted by molar-refractivity contribution is 0.609. The minimum absolute atomic E-state index is 0.428. The summed E-state index contributed by atoms with van der Waals surface area (Å²) in [5.74, 6) is 0.807. The third-order valence-electron chi connectivity index (χ3n) is 3.53. The number of nitrogens with one attached hydrogen (secondary N) is 1. The Hall–Kier alpha value is -2.03. The normalized spacial score (nSPS) is 18.1. The van der Waals surface area contributed by atoms with Gasteiger partial charge in [0.25, 0.3) is 0 Å². The number of nitrogens with zero attached hydrogens (tertiary/aromatic N) is 1. The maximum absolute atomic E-state index is 5.91. The Morgan fingerprint density at radius 1 is 1.11 bits per heavy atom. The molecule has 1 aromatic heterocycles. The van der Waals surface area contributed by atoms with Crippen LogP contribution in [0.3, 0.4) is 0 Å². The number of pyridine rings is 1. The van der Waals surface area contributed by atoms with Crippen LogP contribution in [0.1, 0.15) is 17.5 Å². The Kier molecular flexibility index (Phi) is 2.89. The topological polar surface area (TPSA) is 50.9 Å². The lowest BCUT2D eigenvalue weighted by atomic mass is 9.88. The SMILES string of the molecule is Nc1cccnc1NC1CCc2ccccc2C1. The van der Waals surface area contributed by atoms with Crippen LogP contribution < -0.4 is 11.1 Å². The van der Waals surface area contributed by atoms with Crippen LogP contribution in [0.2, 0.25) is 0 Å². The summed E-state index contributed by atoms with van der Waals surface area (Å²) in [5, 5.41) is 3.45. The van der Waals surface area contributed by atoms with Gasteiger partial charge < -0.3 is 11.1 Å². The van der Waals surface area contributed by atoms with Gasteiger partial charge in [-0.2, -0.15) is 0 Å². The van der Waals surface area contributed by atoms with Crippen molar-refractivity contribution in [1.82, 2.24) is 4.98 Å². The third-order valence-corrected chi connectivity index (χ3v) is 3.53. The van der Waals surface area contributed by atoms with E-state index in [1.165, 1.54) is 11.1 Å². The number of fused-ring (bicyclic) bond motifs is 1. The maximum Gasteiger partial charge on any atom is 0.149 e. The highest BCUT2D eigenvalue weighted by atomic mass is 15.0. The molecule has 1 unspecified atom stereocenters. The van der Waals surface area contributed by atoms with Crippen LogP contribution in [-0.2, 0) is 12.8 Å². The number of aryl methyl sites for hydroxylation is 1. The number of hydrogen-bond acceptors (Lipinski definition) is 3. The molecular formula is C15H17N3. The second kappa shape index (κ2) is 4.69. The van der Waals surface area contributed by atoms with Crippen molar-refractivity contribution in [3.63, 3.8) is 0 Å². The van der Waals surface area contributed by atoms with Crippen molar-refractivity contribution in [2.45, 2.75) is 25.3 Å². The fourth-order valence-electron chi connectivity index (χ4n) is 2.55. The van der Waals surface area contributed by atoms with Gasteiger partial charge in [-0.1, -0.05) is 24.3 Å². The summed E-state index contributed by atoms with van der Waals surface area (Å²) < 4.78 is 0. The van der Waals surface area contributed by atoms with Crippen molar-refractivity contribution < 1.29 is 0 Å². The Morgan fingerprint density at radius 2 is 1.94 bits per heavy atom. The number of benzene rings is 1. The van der Waals surface area contributed by atoms with Gasteiger partial charge in [-0.3, -0.25) is 0 Å². The highest BCUT2D eigenvalue weighted by Gasteiger charge is 2.18. The molecule has 3 N–H and O–H groups in total. The molecule has 18 heavy (non-hydrogen) atoms. The molecule has 0 saturated carbocycles. The minimum atomic E-state index is 0.428. The summed E-state index contributed by atoms with van der Waals surface area (Å²) in [5.41, 5.74) is 9.54. The predicted molar refractivity (Wildman–Crippen MR) is 74.5 cm³/mol. The molecule has 3 nitrogen and oxygen atoms in total. The first-order chi connectivity index (χ1) is 8.83.